The summed E-state index contributed by atoms with van der Waals surface area (Å²) in [6.45, 7) is 6.13. The van der Waals surface area contributed by atoms with Crippen molar-refractivity contribution in [1.29, 1.82) is 0 Å². The second-order valence-electron chi connectivity index (χ2n) is 5.72. The average molecular weight is 336 g/mol. The smallest absolute Gasteiger partial charge is 0.280 e. The minimum Gasteiger partial charge on any atom is -0.339 e. The van der Waals surface area contributed by atoms with Crippen LogP contribution in [0.5, 0.6) is 0 Å². The summed E-state index contributed by atoms with van der Waals surface area (Å²) >= 11 is 0. The van der Waals surface area contributed by atoms with Crippen LogP contribution < -0.4 is 15.4 Å². The molecule has 0 bridgehead atoms. The number of aromatic amines is 1. The molecule has 1 saturated heterocycles. The molecule has 0 radical (unpaired) electrons. The zero-order chi connectivity index (χ0) is 17.3. The van der Waals surface area contributed by atoms with Crippen molar-refractivity contribution in [3.8, 4) is 0 Å². The average Bonchev–Trinajstić information content (AvgIpc) is 2.53. The molecule has 1 fully saturated rings. The Balaban J connectivity index is 1.74. The summed E-state index contributed by atoms with van der Waals surface area (Å²) < 4.78 is 25.6. The second kappa shape index (κ2) is 6.50. The molecule has 3 rings (SSSR count). The first-order chi connectivity index (χ1) is 11.4. The zero-order valence-corrected chi connectivity index (χ0v) is 13.5. The van der Waals surface area contributed by atoms with Crippen molar-refractivity contribution < 1.29 is 8.78 Å². The number of hydrogen-bond donors (Lipinski definition) is 1. The van der Waals surface area contributed by atoms with E-state index in [1.54, 1.807) is 4.90 Å². The highest BCUT2D eigenvalue weighted by Crippen LogP contribution is 2.19. The molecular weight excluding hydrogens is 318 g/mol. The van der Waals surface area contributed by atoms with E-state index in [-0.39, 0.29) is 5.95 Å². The first kappa shape index (κ1) is 16.3. The molecule has 1 N–H and O–H groups in total. The largest absolute Gasteiger partial charge is 0.339 e. The second-order valence-corrected chi connectivity index (χ2v) is 5.72. The van der Waals surface area contributed by atoms with E-state index in [4.69, 9.17) is 0 Å². The quantitative estimate of drug-likeness (QED) is 0.914. The maximum absolute atomic E-state index is 12.8. The molecule has 2 aromatic rings. The van der Waals surface area contributed by atoms with E-state index >= 15 is 0 Å². The molecule has 0 saturated carbocycles. The van der Waals surface area contributed by atoms with Crippen LogP contribution in [-0.2, 0) is 0 Å². The van der Waals surface area contributed by atoms with E-state index < -0.39 is 17.7 Å². The molecular formula is C15H18F2N6O. The van der Waals surface area contributed by atoms with Crippen LogP contribution in [0.1, 0.15) is 23.5 Å². The minimum absolute atomic E-state index is 0.179. The van der Waals surface area contributed by atoms with Gasteiger partial charge in [0.15, 0.2) is 0 Å². The number of aryl methyl sites for hydroxylation is 2. The van der Waals surface area contributed by atoms with Gasteiger partial charge in [-0.05, 0) is 19.9 Å². The van der Waals surface area contributed by atoms with Gasteiger partial charge in [0.2, 0.25) is 11.9 Å². The van der Waals surface area contributed by atoms with Crippen LogP contribution in [0.25, 0.3) is 0 Å². The van der Waals surface area contributed by atoms with Crippen molar-refractivity contribution in [2.75, 3.05) is 36.0 Å². The molecule has 0 aliphatic carbocycles. The molecule has 1 aliphatic heterocycles. The number of H-pyrrole nitrogens is 1. The number of nitrogens with zero attached hydrogens (tertiary/aromatic N) is 5. The lowest BCUT2D eigenvalue weighted by Gasteiger charge is -2.35. The van der Waals surface area contributed by atoms with Crippen molar-refractivity contribution in [3.05, 3.63) is 39.6 Å². The number of rotatable bonds is 3. The predicted octanol–water partition coefficient (Wildman–Crippen LogP) is 1.44. The predicted molar refractivity (Wildman–Crippen MR) is 85.7 cm³/mol. The number of hydrogen-bond acceptors (Lipinski definition) is 6. The maximum atomic E-state index is 12.8. The summed E-state index contributed by atoms with van der Waals surface area (Å²) in [5.74, 6) is 0.841. The summed E-state index contributed by atoms with van der Waals surface area (Å²) in [4.78, 5) is 30.6. The topological polar surface area (TPSA) is 78.0 Å². The van der Waals surface area contributed by atoms with Crippen molar-refractivity contribution >= 4 is 11.9 Å². The molecule has 2 aromatic heterocycles. The molecule has 0 spiro atoms. The Hall–Kier alpha value is -2.58. The van der Waals surface area contributed by atoms with Gasteiger partial charge in [0.25, 0.3) is 12.0 Å². The van der Waals surface area contributed by atoms with Gasteiger partial charge < -0.3 is 9.80 Å². The van der Waals surface area contributed by atoms with Crippen molar-refractivity contribution in [3.63, 3.8) is 0 Å². The monoisotopic (exact) mass is 336 g/mol. The van der Waals surface area contributed by atoms with Crippen LogP contribution >= 0.6 is 0 Å². The van der Waals surface area contributed by atoms with Gasteiger partial charge >= 0.3 is 0 Å². The van der Waals surface area contributed by atoms with Crippen LogP contribution in [0.4, 0.5) is 20.7 Å². The number of aromatic nitrogens is 4. The molecule has 7 nitrogen and oxygen atoms in total. The van der Waals surface area contributed by atoms with Gasteiger partial charge in [0.1, 0.15) is 5.69 Å². The van der Waals surface area contributed by atoms with Gasteiger partial charge in [-0.2, -0.15) is 0 Å². The van der Waals surface area contributed by atoms with Crippen LogP contribution in [0.15, 0.2) is 16.9 Å². The van der Waals surface area contributed by atoms with Gasteiger partial charge in [-0.1, -0.05) is 0 Å². The van der Waals surface area contributed by atoms with Crippen molar-refractivity contribution in [2.24, 2.45) is 0 Å². The lowest BCUT2D eigenvalue weighted by atomic mass is 10.3. The summed E-state index contributed by atoms with van der Waals surface area (Å²) in [6, 6.07) is 2.73. The summed E-state index contributed by atoms with van der Waals surface area (Å²) in [5, 5.41) is 0. The van der Waals surface area contributed by atoms with Crippen molar-refractivity contribution in [1.82, 2.24) is 19.9 Å². The molecule has 1 aliphatic rings. The summed E-state index contributed by atoms with van der Waals surface area (Å²) in [5.41, 5.74) is 0.718. The van der Waals surface area contributed by atoms with Crippen LogP contribution in [0.3, 0.4) is 0 Å². The minimum atomic E-state index is -2.77. The summed E-state index contributed by atoms with van der Waals surface area (Å²) in [6.07, 6.45) is -2.77. The molecule has 0 atom stereocenters. The standard InChI is InChI=1S/C15H18F2N6O/c1-9-7-10(2)19-14(18-9)22-3-5-23(6-4-22)15-20-11(13(16)17)8-12(24)21-15/h7-8,13H,3-6H2,1-2H3,(H,20,21,24). The molecule has 3 heterocycles. The van der Waals surface area contributed by atoms with Crippen molar-refractivity contribution in [2.45, 2.75) is 20.3 Å². The first-order valence-corrected chi connectivity index (χ1v) is 7.64. The highest BCUT2D eigenvalue weighted by Gasteiger charge is 2.22. The lowest BCUT2D eigenvalue weighted by molar-refractivity contribution is 0.146. The van der Waals surface area contributed by atoms with Gasteiger partial charge in [-0.15, -0.1) is 0 Å². The Labute approximate surface area is 137 Å². The zero-order valence-electron chi connectivity index (χ0n) is 13.5. The third kappa shape index (κ3) is 3.50. The molecule has 0 unspecified atom stereocenters. The Morgan fingerprint density at radius 1 is 1.00 bits per heavy atom. The summed E-state index contributed by atoms with van der Waals surface area (Å²) in [7, 11) is 0. The van der Waals surface area contributed by atoms with Gasteiger partial charge in [-0.25, -0.2) is 23.7 Å². The van der Waals surface area contributed by atoms with E-state index in [9.17, 15) is 13.6 Å². The first-order valence-electron chi connectivity index (χ1n) is 7.64. The van der Waals surface area contributed by atoms with E-state index in [1.165, 1.54) is 0 Å². The number of nitrogens with one attached hydrogen (secondary N) is 1. The van der Waals surface area contributed by atoms with Crippen LogP contribution in [0.2, 0.25) is 0 Å². The number of piperazine rings is 1. The van der Waals surface area contributed by atoms with Gasteiger partial charge in [-0.3, -0.25) is 9.78 Å². The number of halogens is 2. The van der Waals surface area contributed by atoms with E-state index in [1.807, 2.05) is 24.8 Å². The highest BCUT2D eigenvalue weighted by atomic mass is 19.3. The Bertz CT molecular complexity index is 766. The molecule has 9 heteroatoms. The fourth-order valence-electron chi connectivity index (χ4n) is 2.69. The van der Waals surface area contributed by atoms with Gasteiger partial charge in [0, 0.05) is 43.6 Å². The van der Waals surface area contributed by atoms with Gasteiger partial charge in [0.05, 0.1) is 0 Å². The Morgan fingerprint density at radius 2 is 1.58 bits per heavy atom. The SMILES string of the molecule is Cc1cc(C)nc(N2CCN(c3nc(C(F)F)cc(=O)[nH]3)CC2)n1. The van der Waals surface area contributed by atoms with E-state index in [2.05, 4.69) is 19.9 Å². The third-order valence-corrected chi connectivity index (χ3v) is 3.81. The molecule has 0 amide bonds. The van der Waals surface area contributed by atoms with E-state index in [0.717, 1.165) is 17.5 Å². The number of anilines is 2. The Kier molecular flexibility index (Phi) is 4.41. The Morgan fingerprint density at radius 3 is 2.17 bits per heavy atom. The fraction of sp³-hybridized carbons (Fsp3) is 0.467. The number of alkyl halides is 2. The lowest BCUT2D eigenvalue weighted by Crippen LogP contribution is -2.48. The fourth-order valence-corrected chi connectivity index (χ4v) is 2.69. The van der Waals surface area contributed by atoms with E-state index in [0.29, 0.717) is 32.1 Å². The molecule has 128 valence electrons. The van der Waals surface area contributed by atoms with Crippen LogP contribution in [0, 0.1) is 13.8 Å². The van der Waals surface area contributed by atoms with Crippen LogP contribution in [-0.4, -0.2) is 46.1 Å². The highest BCUT2D eigenvalue weighted by molar-refractivity contribution is 5.38. The maximum Gasteiger partial charge on any atom is 0.280 e. The normalized spacial score (nSPS) is 15.2. The molecule has 24 heavy (non-hydrogen) atoms. The molecule has 0 aromatic carbocycles. The third-order valence-electron chi connectivity index (χ3n) is 3.81.